The van der Waals surface area contributed by atoms with E-state index in [0.717, 1.165) is 12.0 Å². The first-order valence-corrected chi connectivity index (χ1v) is 4.55. The molecule has 1 aliphatic rings. The van der Waals surface area contributed by atoms with E-state index < -0.39 is 0 Å². The molecule has 1 saturated carbocycles. The predicted octanol–water partition coefficient (Wildman–Crippen LogP) is 2.10. The van der Waals surface area contributed by atoms with Gasteiger partial charge in [0.15, 0.2) is 0 Å². The summed E-state index contributed by atoms with van der Waals surface area (Å²) in [6, 6.07) is 6.29. The zero-order valence-corrected chi connectivity index (χ0v) is 7.87. The summed E-state index contributed by atoms with van der Waals surface area (Å²) >= 11 is 0. The maximum atomic E-state index is 12.6. The van der Waals surface area contributed by atoms with Gasteiger partial charge in [-0.05, 0) is 30.0 Å². The van der Waals surface area contributed by atoms with Gasteiger partial charge in [0.05, 0.1) is 13.0 Å². The van der Waals surface area contributed by atoms with Crippen molar-refractivity contribution >= 4 is 5.97 Å². The maximum Gasteiger partial charge on any atom is 0.309 e. The summed E-state index contributed by atoms with van der Waals surface area (Å²) < 4.78 is 17.2. The monoisotopic (exact) mass is 194 g/mol. The summed E-state index contributed by atoms with van der Waals surface area (Å²) in [7, 11) is 1.39. The Balaban J connectivity index is 2.06. The smallest absolute Gasteiger partial charge is 0.309 e. The predicted molar refractivity (Wildman–Crippen MR) is 49.3 cm³/mol. The minimum Gasteiger partial charge on any atom is -0.469 e. The topological polar surface area (TPSA) is 26.3 Å². The Morgan fingerprint density at radius 1 is 1.43 bits per heavy atom. The quantitative estimate of drug-likeness (QED) is 0.674. The van der Waals surface area contributed by atoms with E-state index in [-0.39, 0.29) is 23.6 Å². The molecule has 14 heavy (non-hydrogen) atoms. The Labute approximate surface area is 81.7 Å². The molecule has 0 aliphatic heterocycles. The molecule has 0 saturated heterocycles. The van der Waals surface area contributed by atoms with Gasteiger partial charge in [-0.2, -0.15) is 0 Å². The first-order valence-electron chi connectivity index (χ1n) is 4.55. The second-order valence-electron chi connectivity index (χ2n) is 3.52. The van der Waals surface area contributed by atoms with Crippen LogP contribution in [0.4, 0.5) is 4.39 Å². The van der Waals surface area contributed by atoms with Crippen LogP contribution in [-0.4, -0.2) is 13.1 Å². The second kappa shape index (κ2) is 3.40. The summed E-state index contributed by atoms with van der Waals surface area (Å²) in [4.78, 5) is 11.1. The molecule has 0 radical (unpaired) electrons. The molecule has 1 aromatic rings. The minimum absolute atomic E-state index is 0.0227. The van der Waals surface area contributed by atoms with Crippen molar-refractivity contribution in [2.45, 2.75) is 12.3 Å². The van der Waals surface area contributed by atoms with Gasteiger partial charge in [0.2, 0.25) is 0 Å². The van der Waals surface area contributed by atoms with Gasteiger partial charge < -0.3 is 4.74 Å². The van der Waals surface area contributed by atoms with Crippen molar-refractivity contribution in [2.24, 2.45) is 5.92 Å². The van der Waals surface area contributed by atoms with Crippen molar-refractivity contribution in [3.63, 3.8) is 0 Å². The third kappa shape index (κ3) is 1.62. The van der Waals surface area contributed by atoms with Crippen LogP contribution >= 0.6 is 0 Å². The summed E-state index contributed by atoms with van der Waals surface area (Å²) in [5.41, 5.74) is 1.02. The van der Waals surface area contributed by atoms with Crippen molar-refractivity contribution in [3.8, 4) is 0 Å². The first-order chi connectivity index (χ1) is 6.72. The molecule has 0 spiro atoms. The van der Waals surface area contributed by atoms with Crippen LogP contribution in [0.3, 0.4) is 0 Å². The van der Waals surface area contributed by atoms with E-state index in [4.69, 9.17) is 0 Å². The lowest BCUT2D eigenvalue weighted by molar-refractivity contribution is -0.142. The van der Waals surface area contributed by atoms with E-state index in [0.29, 0.717) is 0 Å². The molecule has 1 fully saturated rings. The van der Waals surface area contributed by atoms with Gasteiger partial charge in [0, 0.05) is 0 Å². The normalized spacial score (nSPS) is 24.4. The highest BCUT2D eigenvalue weighted by Crippen LogP contribution is 2.47. The summed E-state index contributed by atoms with van der Waals surface area (Å²) in [5.74, 6) is -0.211. The first kappa shape index (κ1) is 9.19. The standard InChI is InChI=1S/C11H11FO2/c1-14-11(13)10-6-9(10)7-2-4-8(12)5-3-7/h2-5,9-10H,6H2,1H3/t9-,10+/m1/s1. The largest absolute Gasteiger partial charge is 0.469 e. The molecular formula is C11H11FO2. The van der Waals surface area contributed by atoms with Crippen molar-refractivity contribution in [3.05, 3.63) is 35.6 Å². The van der Waals surface area contributed by atoms with Gasteiger partial charge in [-0.3, -0.25) is 4.79 Å². The molecular weight excluding hydrogens is 183 g/mol. The Bertz CT molecular complexity index is 345. The van der Waals surface area contributed by atoms with Gasteiger partial charge >= 0.3 is 5.97 Å². The number of ether oxygens (including phenoxy) is 1. The number of rotatable bonds is 2. The Morgan fingerprint density at radius 2 is 2.07 bits per heavy atom. The van der Waals surface area contributed by atoms with E-state index in [9.17, 15) is 9.18 Å². The van der Waals surface area contributed by atoms with Crippen molar-refractivity contribution in [1.29, 1.82) is 0 Å². The Kier molecular flexibility index (Phi) is 2.23. The number of carbonyl (C=O) groups excluding carboxylic acids is 1. The highest BCUT2D eigenvalue weighted by Gasteiger charge is 2.44. The van der Waals surface area contributed by atoms with Crippen LogP contribution in [0.25, 0.3) is 0 Å². The number of methoxy groups -OCH3 is 1. The Hall–Kier alpha value is -1.38. The van der Waals surface area contributed by atoms with Crippen LogP contribution in [0, 0.1) is 11.7 Å². The molecule has 0 N–H and O–H groups in total. The fourth-order valence-corrected chi connectivity index (χ4v) is 1.69. The number of carbonyl (C=O) groups is 1. The molecule has 3 heteroatoms. The highest BCUT2D eigenvalue weighted by molar-refractivity contribution is 5.77. The molecule has 1 aliphatic carbocycles. The van der Waals surface area contributed by atoms with Crippen molar-refractivity contribution < 1.29 is 13.9 Å². The number of hydrogen-bond donors (Lipinski definition) is 0. The van der Waals surface area contributed by atoms with Crippen LogP contribution in [0.5, 0.6) is 0 Å². The van der Waals surface area contributed by atoms with Crippen LogP contribution in [-0.2, 0) is 9.53 Å². The molecule has 0 bridgehead atoms. The molecule has 0 aromatic heterocycles. The van der Waals surface area contributed by atoms with Crippen LogP contribution in [0.15, 0.2) is 24.3 Å². The van der Waals surface area contributed by atoms with Gasteiger partial charge in [0.1, 0.15) is 5.82 Å². The fraction of sp³-hybridized carbons (Fsp3) is 0.364. The number of benzene rings is 1. The van der Waals surface area contributed by atoms with Crippen LogP contribution in [0.1, 0.15) is 17.9 Å². The second-order valence-corrected chi connectivity index (χ2v) is 3.52. The molecule has 0 unspecified atom stereocenters. The third-order valence-corrected chi connectivity index (χ3v) is 2.59. The molecule has 0 heterocycles. The summed E-state index contributed by atoms with van der Waals surface area (Å²) in [6.45, 7) is 0. The van der Waals surface area contributed by atoms with E-state index in [1.54, 1.807) is 12.1 Å². The van der Waals surface area contributed by atoms with E-state index in [1.165, 1.54) is 19.2 Å². The lowest BCUT2D eigenvalue weighted by Crippen LogP contribution is -2.03. The zero-order chi connectivity index (χ0) is 10.1. The molecule has 74 valence electrons. The van der Waals surface area contributed by atoms with Gasteiger partial charge in [-0.25, -0.2) is 4.39 Å². The summed E-state index contributed by atoms with van der Waals surface area (Å²) in [6.07, 6.45) is 0.818. The molecule has 2 atom stereocenters. The SMILES string of the molecule is COC(=O)[C@H]1C[C@@H]1c1ccc(F)cc1. The van der Waals surface area contributed by atoms with Gasteiger partial charge in [0.25, 0.3) is 0 Å². The number of halogens is 1. The maximum absolute atomic E-state index is 12.6. The molecule has 1 aromatic carbocycles. The van der Waals surface area contributed by atoms with E-state index in [2.05, 4.69) is 4.74 Å². The van der Waals surface area contributed by atoms with E-state index in [1.807, 2.05) is 0 Å². The lowest BCUT2D eigenvalue weighted by atomic mass is 10.1. The van der Waals surface area contributed by atoms with Crippen LogP contribution in [0.2, 0.25) is 0 Å². The third-order valence-electron chi connectivity index (χ3n) is 2.59. The zero-order valence-electron chi connectivity index (χ0n) is 7.87. The highest BCUT2D eigenvalue weighted by atomic mass is 19.1. The van der Waals surface area contributed by atoms with E-state index >= 15 is 0 Å². The van der Waals surface area contributed by atoms with Crippen molar-refractivity contribution in [2.75, 3.05) is 7.11 Å². The van der Waals surface area contributed by atoms with Gasteiger partial charge in [-0.1, -0.05) is 12.1 Å². The Morgan fingerprint density at radius 3 is 2.64 bits per heavy atom. The van der Waals surface area contributed by atoms with Crippen molar-refractivity contribution in [1.82, 2.24) is 0 Å². The number of hydrogen-bond acceptors (Lipinski definition) is 2. The molecule has 0 amide bonds. The average Bonchev–Trinajstić information content (AvgIpc) is 2.98. The molecule has 2 rings (SSSR count). The van der Waals surface area contributed by atoms with Crippen LogP contribution < -0.4 is 0 Å². The van der Waals surface area contributed by atoms with Gasteiger partial charge in [-0.15, -0.1) is 0 Å². The molecule has 2 nitrogen and oxygen atoms in total. The fourth-order valence-electron chi connectivity index (χ4n) is 1.69. The number of esters is 1. The average molecular weight is 194 g/mol. The minimum atomic E-state index is -0.246. The lowest BCUT2D eigenvalue weighted by Gasteiger charge is -1.99. The summed E-state index contributed by atoms with van der Waals surface area (Å²) in [5, 5.41) is 0.